The van der Waals surface area contributed by atoms with Gasteiger partial charge in [0.15, 0.2) is 0 Å². The SMILES string of the molecule is CCc1nc(COc2ccc(C)cc2C)sc1C(C)(C)N. The number of thiazole rings is 1. The summed E-state index contributed by atoms with van der Waals surface area (Å²) in [5.41, 5.74) is 9.37. The Morgan fingerprint density at radius 1 is 1.29 bits per heavy atom. The molecule has 2 aromatic rings. The number of ether oxygens (including phenoxy) is 1. The van der Waals surface area contributed by atoms with Crippen molar-refractivity contribution < 1.29 is 4.74 Å². The average molecular weight is 304 g/mol. The summed E-state index contributed by atoms with van der Waals surface area (Å²) in [5, 5.41) is 0.986. The molecule has 0 fully saturated rings. The van der Waals surface area contributed by atoms with E-state index in [9.17, 15) is 0 Å². The zero-order valence-corrected chi connectivity index (χ0v) is 14.3. The largest absolute Gasteiger partial charge is 0.486 e. The van der Waals surface area contributed by atoms with E-state index in [2.05, 4.69) is 37.9 Å². The highest BCUT2D eigenvalue weighted by atomic mass is 32.1. The lowest BCUT2D eigenvalue weighted by atomic mass is 10.0. The average Bonchev–Trinajstić information content (AvgIpc) is 2.81. The van der Waals surface area contributed by atoms with Gasteiger partial charge in [0.05, 0.1) is 5.69 Å². The first-order chi connectivity index (χ1) is 9.81. The van der Waals surface area contributed by atoms with Gasteiger partial charge in [-0.15, -0.1) is 11.3 Å². The highest BCUT2D eigenvalue weighted by Crippen LogP contribution is 2.29. The molecule has 3 nitrogen and oxygen atoms in total. The van der Waals surface area contributed by atoms with E-state index in [0.717, 1.165) is 33.3 Å². The Labute approximate surface area is 131 Å². The Balaban J connectivity index is 2.15. The van der Waals surface area contributed by atoms with E-state index in [4.69, 9.17) is 10.5 Å². The third-order valence-corrected chi connectivity index (χ3v) is 4.75. The quantitative estimate of drug-likeness (QED) is 0.905. The van der Waals surface area contributed by atoms with Crippen molar-refractivity contribution in [3.63, 3.8) is 0 Å². The molecule has 0 bridgehead atoms. The smallest absolute Gasteiger partial charge is 0.140 e. The van der Waals surface area contributed by atoms with Crippen LogP contribution in [0.1, 0.15) is 47.5 Å². The molecule has 0 atom stereocenters. The number of rotatable bonds is 5. The summed E-state index contributed by atoms with van der Waals surface area (Å²) in [6.45, 7) is 10.8. The van der Waals surface area contributed by atoms with Gasteiger partial charge in [-0.1, -0.05) is 24.6 Å². The molecule has 0 aliphatic rings. The summed E-state index contributed by atoms with van der Waals surface area (Å²) < 4.78 is 5.91. The normalized spacial score (nSPS) is 11.7. The number of benzene rings is 1. The minimum absolute atomic E-state index is 0.346. The maximum absolute atomic E-state index is 6.22. The maximum atomic E-state index is 6.22. The number of nitrogens with zero attached hydrogens (tertiary/aromatic N) is 1. The number of aromatic nitrogens is 1. The fraction of sp³-hybridized carbons (Fsp3) is 0.471. The second kappa shape index (κ2) is 6.16. The molecule has 0 radical (unpaired) electrons. The fourth-order valence-corrected chi connectivity index (χ4v) is 3.39. The zero-order chi connectivity index (χ0) is 15.6. The summed E-state index contributed by atoms with van der Waals surface area (Å²) in [5.74, 6) is 0.919. The molecule has 0 unspecified atom stereocenters. The van der Waals surface area contributed by atoms with E-state index in [0.29, 0.717) is 6.61 Å². The predicted molar refractivity (Wildman–Crippen MR) is 89.0 cm³/mol. The van der Waals surface area contributed by atoms with E-state index in [1.807, 2.05) is 19.9 Å². The predicted octanol–water partition coefficient (Wildman–Crippen LogP) is 4.10. The van der Waals surface area contributed by atoms with Gasteiger partial charge in [0.25, 0.3) is 0 Å². The summed E-state index contributed by atoms with van der Waals surface area (Å²) in [4.78, 5) is 5.83. The minimum atomic E-state index is -0.346. The van der Waals surface area contributed by atoms with Crippen molar-refractivity contribution in [1.29, 1.82) is 0 Å². The Bertz CT molecular complexity index is 626. The lowest BCUT2D eigenvalue weighted by Crippen LogP contribution is -2.28. The lowest BCUT2D eigenvalue weighted by Gasteiger charge is -2.17. The number of hydrogen-bond acceptors (Lipinski definition) is 4. The first kappa shape index (κ1) is 16.0. The topological polar surface area (TPSA) is 48.1 Å². The second-order valence-corrected chi connectivity index (χ2v) is 7.10. The van der Waals surface area contributed by atoms with Crippen LogP contribution in [0.25, 0.3) is 0 Å². The van der Waals surface area contributed by atoms with Crippen LogP contribution in [0, 0.1) is 13.8 Å². The molecular weight excluding hydrogens is 280 g/mol. The van der Waals surface area contributed by atoms with Gasteiger partial charge in [0.1, 0.15) is 17.4 Å². The summed E-state index contributed by atoms with van der Waals surface area (Å²) >= 11 is 1.66. The van der Waals surface area contributed by atoms with E-state index in [1.54, 1.807) is 11.3 Å². The number of aryl methyl sites for hydroxylation is 3. The molecule has 0 saturated heterocycles. The summed E-state index contributed by atoms with van der Waals surface area (Å²) in [6.07, 6.45) is 0.899. The van der Waals surface area contributed by atoms with Crippen molar-refractivity contribution >= 4 is 11.3 Å². The van der Waals surface area contributed by atoms with Crippen molar-refractivity contribution in [3.8, 4) is 5.75 Å². The van der Waals surface area contributed by atoms with Crippen LogP contribution < -0.4 is 10.5 Å². The molecule has 1 heterocycles. The molecule has 0 aliphatic heterocycles. The van der Waals surface area contributed by atoms with Crippen LogP contribution in [0.3, 0.4) is 0 Å². The summed E-state index contributed by atoms with van der Waals surface area (Å²) in [6, 6.07) is 6.21. The van der Waals surface area contributed by atoms with Gasteiger partial charge < -0.3 is 10.5 Å². The second-order valence-electron chi connectivity index (χ2n) is 6.02. The van der Waals surface area contributed by atoms with E-state index in [-0.39, 0.29) is 5.54 Å². The molecular formula is C17H24N2OS. The number of nitrogens with two attached hydrogens (primary N) is 1. The highest BCUT2D eigenvalue weighted by Gasteiger charge is 2.22. The van der Waals surface area contributed by atoms with Crippen molar-refractivity contribution in [3.05, 3.63) is 44.9 Å². The van der Waals surface area contributed by atoms with Crippen LogP contribution >= 0.6 is 11.3 Å². The molecule has 0 spiro atoms. The molecule has 0 amide bonds. The molecule has 0 saturated carbocycles. The van der Waals surface area contributed by atoms with Gasteiger partial charge in [-0.2, -0.15) is 0 Å². The molecule has 21 heavy (non-hydrogen) atoms. The first-order valence-corrected chi connectivity index (χ1v) is 8.11. The van der Waals surface area contributed by atoms with Crippen molar-refractivity contribution in [2.45, 2.75) is 53.2 Å². The van der Waals surface area contributed by atoms with Gasteiger partial charge in [-0.25, -0.2) is 4.98 Å². The van der Waals surface area contributed by atoms with Gasteiger partial charge >= 0.3 is 0 Å². The monoisotopic (exact) mass is 304 g/mol. The lowest BCUT2D eigenvalue weighted by molar-refractivity contribution is 0.303. The van der Waals surface area contributed by atoms with Gasteiger partial charge in [-0.3, -0.25) is 0 Å². The standard InChI is InChI=1S/C17H24N2OS/c1-6-13-16(17(4,5)18)21-15(19-13)10-20-14-8-7-11(2)9-12(14)3/h7-9H,6,10,18H2,1-5H3. The highest BCUT2D eigenvalue weighted by molar-refractivity contribution is 7.11. The van der Waals surface area contributed by atoms with Gasteiger partial charge in [0.2, 0.25) is 0 Å². The fourth-order valence-electron chi connectivity index (χ4n) is 2.31. The number of hydrogen-bond donors (Lipinski definition) is 1. The molecule has 2 N–H and O–H groups in total. The Hall–Kier alpha value is -1.39. The molecule has 1 aromatic heterocycles. The molecule has 0 aliphatic carbocycles. The van der Waals surface area contributed by atoms with Gasteiger partial charge in [-0.05, 0) is 45.7 Å². The Morgan fingerprint density at radius 2 is 2.00 bits per heavy atom. The zero-order valence-electron chi connectivity index (χ0n) is 13.5. The molecule has 4 heteroatoms. The summed E-state index contributed by atoms with van der Waals surface area (Å²) in [7, 11) is 0. The van der Waals surface area contributed by atoms with Crippen LogP contribution in [0.2, 0.25) is 0 Å². The first-order valence-electron chi connectivity index (χ1n) is 7.29. The van der Waals surface area contributed by atoms with E-state index in [1.165, 1.54) is 5.56 Å². The molecule has 114 valence electrons. The van der Waals surface area contributed by atoms with Crippen molar-refractivity contribution in [2.75, 3.05) is 0 Å². The van der Waals surface area contributed by atoms with E-state index < -0.39 is 0 Å². The van der Waals surface area contributed by atoms with Crippen LogP contribution in [-0.2, 0) is 18.6 Å². The Morgan fingerprint density at radius 3 is 2.52 bits per heavy atom. The molecule has 2 rings (SSSR count). The molecule has 1 aromatic carbocycles. The van der Waals surface area contributed by atoms with E-state index >= 15 is 0 Å². The van der Waals surface area contributed by atoms with Crippen LogP contribution in [0.5, 0.6) is 5.75 Å². The minimum Gasteiger partial charge on any atom is -0.486 e. The Kier molecular flexibility index (Phi) is 4.69. The van der Waals surface area contributed by atoms with Crippen LogP contribution in [0.15, 0.2) is 18.2 Å². The third-order valence-electron chi connectivity index (χ3n) is 3.34. The maximum Gasteiger partial charge on any atom is 0.140 e. The van der Waals surface area contributed by atoms with Crippen molar-refractivity contribution in [2.24, 2.45) is 5.73 Å². The van der Waals surface area contributed by atoms with Crippen LogP contribution in [-0.4, -0.2) is 4.98 Å². The third kappa shape index (κ3) is 3.83. The van der Waals surface area contributed by atoms with Crippen LogP contribution in [0.4, 0.5) is 0 Å². The van der Waals surface area contributed by atoms with Gasteiger partial charge in [0, 0.05) is 10.4 Å². The van der Waals surface area contributed by atoms with Crippen molar-refractivity contribution in [1.82, 2.24) is 4.98 Å².